The SMILES string of the molecule is Cc1c(C)c(C)c2[nH]c(C(CO)OC(=O)Nc3ccc(Cl)c(Cl)c3)nc2c1C. The molecular weight excluding hydrogens is 401 g/mol. The van der Waals surface area contributed by atoms with Crippen LogP contribution in [0.5, 0.6) is 0 Å². The van der Waals surface area contributed by atoms with Crippen molar-refractivity contribution in [1.29, 1.82) is 0 Å². The number of halogens is 2. The number of aliphatic hydroxyl groups is 1. The minimum Gasteiger partial charge on any atom is -0.435 e. The Morgan fingerprint density at radius 3 is 2.46 bits per heavy atom. The van der Waals surface area contributed by atoms with Gasteiger partial charge >= 0.3 is 6.09 Å². The second kappa shape index (κ2) is 7.99. The molecule has 0 fully saturated rings. The van der Waals surface area contributed by atoms with Gasteiger partial charge in [-0.1, -0.05) is 23.2 Å². The maximum Gasteiger partial charge on any atom is 0.412 e. The normalized spacial score (nSPS) is 12.2. The topological polar surface area (TPSA) is 87.2 Å². The third kappa shape index (κ3) is 3.81. The van der Waals surface area contributed by atoms with Crippen molar-refractivity contribution in [2.75, 3.05) is 11.9 Å². The molecule has 1 unspecified atom stereocenters. The number of aromatic amines is 1. The second-order valence-corrected chi connectivity index (χ2v) is 7.49. The van der Waals surface area contributed by atoms with E-state index in [0.29, 0.717) is 21.6 Å². The van der Waals surface area contributed by atoms with Gasteiger partial charge in [0.25, 0.3) is 0 Å². The van der Waals surface area contributed by atoms with E-state index >= 15 is 0 Å². The lowest BCUT2D eigenvalue weighted by atomic mass is 9.98. The molecule has 2 aromatic carbocycles. The van der Waals surface area contributed by atoms with Crippen molar-refractivity contribution in [2.24, 2.45) is 0 Å². The van der Waals surface area contributed by atoms with Gasteiger partial charge in [-0.25, -0.2) is 9.78 Å². The number of benzene rings is 2. The number of carbonyl (C=O) groups excluding carboxylic acids is 1. The zero-order valence-corrected chi connectivity index (χ0v) is 17.5. The maximum atomic E-state index is 12.2. The standard InChI is InChI=1S/C20H21Cl2N3O3/c1-9-10(2)12(4)18-17(11(9)3)24-19(25-18)16(8-26)28-20(27)23-13-5-6-14(21)15(22)7-13/h5-7,16,26H,8H2,1-4H3,(H,23,27)(H,24,25). The summed E-state index contributed by atoms with van der Waals surface area (Å²) >= 11 is 11.8. The van der Waals surface area contributed by atoms with E-state index in [4.69, 9.17) is 27.9 Å². The highest BCUT2D eigenvalue weighted by Crippen LogP contribution is 2.30. The zero-order chi connectivity index (χ0) is 20.6. The van der Waals surface area contributed by atoms with E-state index in [1.165, 1.54) is 17.2 Å². The molecule has 1 aromatic heterocycles. The van der Waals surface area contributed by atoms with Crippen molar-refractivity contribution in [2.45, 2.75) is 33.8 Å². The summed E-state index contributed by atoms with van der Waals surface area (Å²) in [5.41, 5.74) is 6.59. The van der Waals surface area contributed by atoms with Crippen molar-refractivity contribution >= 4 is 46.0 Å². The van der Waals surface area contributed by atoms with Gasteiger partial charge in [-0.2, -0.15) is 0 Å². The van der Waals surface area contributed by atoms with E-state index in [0.717, 1.165) is 22.2 Å². The first-order valence-corrected chi connectivity index (χ1v) is 9.48. The molecule has 0 radical (unpaired) electrons. The van der Waals surface area contributed by atoms with Crippen LogP contribution in [0.4, 0.5) is 10.5 Å². The van der Waals surface area contributed by atoms with Gasteiger partial charge in [0, 0.05) is 5.69 Å². The van der Waals surface area contributed by atoms with Gasteiger partial charge in [0.1, 0.15) is 0 Å². The van der Waals surface area contributed by atoms with Crippen molar-refractivity contribution in [3.05, 3.63) is 56.3 Å². The van der Waals surface area contributed by atoms with E-state index in [1.54, 1.807) is 12.1 Å². The number of ether oxygens (including phenoxy) is 1. The first-order chi connectivity index (χ1) is 13.2. The van der Waals surface area contributed by atoms with Crippen molar-refractivity contribution < 1.29 is 14.6 Å². The summed E-state index contributed by atoms with van der Waals surface area (Å²) in [5, 5.41) is 13.0. The van der Waals surface area contributed by atoms with Gasteiger partial charge < -0.3 is 14.8 Å². The lowest BCUT2D eigenvalue weighted by molar-refractivity contribution is 0.0617. The second-order valence-electron chi connectivity index (χ2n) is 6.68. The van der Waals surface area contributed by atoms with Crippen molar-refractivity contribution in [1.82, 2.24) is 9.97 Å². The molecule has 0 saturated carbocycles. The smallest absolute Gasteiger partial charge is 0.412 e. The number of rotatable bonds is 4. The van der Waals surface area contributed by atoms with Crippen LogP contribution in [0.1, 0.15) is 34.2 Å². The van der Waals surface area contributed by atoms with Gasteiger partial charge in [-0.3, -0.25) is 5.32 Å². The summed E-state index contributed by atoms with van der Waals surface area (Å²) < 4.78 is 5.36. The minimum atomic E-state index is -0.936. The minimum absolute atomic E-state index is 0.312. The third-order valence-electron chi connectivity index (χ3n) is 5.03. The van der Waals surface area contributed by atoms with E-state index < -0.39 is 18.8 Å². The summed E-state index contributed by atoms with van der Waals surface area (Å²) in [5.74, 6) is 0.387. The molecule has 148 valence electrons. The van der Waals surface area contributed by atoms with E-state index in [1.807, 2.05) is 13.8 Å². The molecule has 1 heterocycles. The number of aryl methyl sites for hydroxylation is 2. The zero-order valence-electron chi connectivity index (χ0n) is 16.0. The van der Waals surface area contributed by atoms with Gasteiger partial charge in [0.05, 0.1) is 27.7 Å². The number of carbonyl (C=O) groups is 1. The molecule has 0 aliphatic heterocycles. The molecular formula is C20H21Cl2N3O3. The summed E-state index contributed by atoms with van der Waals surface area (Å²) in [6.07, 6.45) is -1.67. The van der Waals surface area contributed by atoms with Gasteiger partial charge in [0.2, 0.25) is 0 Å². The Hall–Kier alpha value is -2.28. The number of H-pyrrole nitrogens is 1. The summed E-state index contributed by atoms with van der Waals surface area (Å²) in [6, 6.07) is 4.68. The Balaban J connectivity index is 1.85. The quantitative estimate of drug-likeness (QED) is 0.527. The fraction of sp³-hybridized carbons (Fsp3) is 0.300. The predicted octanol–water partition coefficient (Wildman–Crippen LogP) is 5.39. The van der Waals surface area contributed by atoms with Crippen LogP contribution in [0, 0.1) is 27.7 Å². The molecule has 1 atom stereocenters. The molecule has 0 aliphatic rings. The Bertz CT molecular complexity index is 1020. The molecule has 8 heteroatoms. The maximum absolute atomic E-state index is 12.2. The third-order valence-corrected chi connectivity index (χ3v) is 5.76. The Morgan fingerprint density at radius 1 is 1.14 bits per heavy atom. The number of aliphatic hydroxyl groups excluding tert-OH is 1. The fourth-order valence-electron chi connectivity index (χ4n) is 3.04. The van der Waals surface area contributed by atoms with Crippen LogP contribution in [0.25, 0.3) is 11.0 Å². The highest BCUT2D eigenvalue weighted by molar-refractivity contribution is 6.42. The molecule has 0 saturated heterocycles. The fourth-order valence-corrected chi connectivity index (χ4v) is 3.34. The Morgan fingerprint density at radius 2 is 1.82 bits per heavy atom. The summed E-state index contributed by atoms with van der Waals surface area (Å²) in [7, 11) is 0. The van der Waals surface area contributed by atoms with E-state index in [-0.39, 0.29) is 0 Å². The Kier molecular flexibility index (Phi) is 5.84. The van der Waals surface area contributed by atoms with Crippen LogP contribution in [0.15, 0.2) is 18.2 Å². The molecule has 0 spiro atoms. The number of imidazole rings is 1. The number of anilines is 1. The highest BCUT2D eigenvalue weighted by Gasteiger charge is 2.22. The molecule has 3 aromatic rings. The predicted molar refractivity (Wildman–Crippen MR) is 111 cm³/mol. The van der Waals surface area contributed by atoms with Crippen molar-refractivity contribution in [3.8, 4) is 0 Å². The van der Waals surface area contributed by atoms with Crippen molar-refractivity contribution in [3.63, 3.8) is 0 Å². The van der Waals surface area contributed by atoms with Crippen LogP contribution in [-0.2, 0) is 4.74 Å². The number of nitrogens with zero attached hydrogens (tertiary/aromatic N) is 1. The molecule has 0 bridgehead atoms. The molecule has 1 amide bonds. The molecule has 6 nitrogen and oxygen atoms in total. The van der Waals surface area contributed by atoms with Crippen LogP contribution >= 0.6 is 23.2 Å². The molecule has 0 aliphatic carbocycles. The van der Waals surface area contributed by atoms with Crippen LogP contribution in [0.2, 0.25) is 10.0 Å². The first kappa shape index (κ1) is 20.5. The lowest BCUT2D eigenvalue weighted by Gasteiger charge is -2.14. The van der Waals surface area contributed by atoms with E-state index in [2.05, 4.69) is 29.1 Å². The molecule has 3 rings (SSSR count). The number of aromatic nitrogens is 2. The van der Waals surface area contributed by atoms with Gasteiger partial charge in [0.15, 0.2) is 11.9 Å². The van der Waals surface area contributed by atoms with Crippen LogP contribution < -0.4 is 5.32 Å². The summed E-state index contributed by atoms with van der Waals surface area (Å²) in [4.78, 5) is 20.0. The van der Waals surface area contributed by atoms with Crippen LogP contribution in [-0.4, -0.2) is 27.8 Å². The first-order valence-electron chi connectivity index (χ1n) is 8.72. The largest absolute Gasteiger partial charge is 0.435 e. The molecule has 3 N–H and O–H groups in total. The number of hydrogen-bond acceptors (Lipinski definition) is 4. The number of fused-ring (bicyclic) bond motifs is 1. The number of hydrogen-bond donors (Lipinski definition) is 3. The average molecular weight is 422 g/mol. The molecule has 28 heavy (non-hydrogen) atoms. The van der Waals surface area contributed by atoms with E-state index in [9.17, 15) is 9.90 Å². The summed E-state index contributed by atoms with van der Waals surface area (Å²) in [6.45, 7) is 7.71. The number of amides is 1. The van der Waals surface area contributed by atoms with Gasteiger partial charge in [-0.05, 0) is 68.1 Å². The van der Waals surface area contributed by atoms with Crippen LogP contribution in [0.3, 0.4) is 0 Å². The number of nitrogens with one attached hydrogen (secondary N) is 2. The Labute approximate surface area is 172 Å². The lowest BCUT2D eigenvalue weighted by Crippen LogP contribution is -2.20. The monoisotopic (exact) mass is 421 g/mol. The van der Waals surface area contributed by atoms with Gasteiger partial charge in [-0.15, -0.1) is 0 Å². The average Bonchev–Trinajstić information content (AvgIpc) is 3.11. The highest BCUT2D eigenvalue weighted by atomic mass is 35.5.